The standard InChI is InChI=1S/C21H21Cl2FN2O3/c1-28-18-4-2-3-15(20(18)23)21(27)26-8-7-25-11-19(29-12-14(25)10-26)13-5-6-17(24)16(22)9-13/h2-6,9,14,19H,7-8,10-12H2,1H3/t14-,19-/m0/s1. The molecule has 1 amide bonds. The Kier molecular flexibility index (Phi) is 5.97. The second-order valence-electron chi connectivity index (χ2n) is 7.22. The maximum Gasteiger partial charge on any atom is 0.255 e. The largest absolute Gasteiger partial charge is 0.495 e. The number of rotatable bonds is 3. The maximum atomic E-state index is 13.4. The zero-order valence-corrected chi connectivity index (χ0v) is 17.4. The Hall–Kier alpha value is -1.86. The third kappa shape index (κ3) is 4.08. The van der Waals surface area contributed by atoms with Gasteiger partial charge in [-0.1, -0.05) is 35.3 Å². The molecule has 0 radical (unpaired) electrons. The minimum absolute atomic E-state index is 0.0961. The molecule has 0 aromatic heterocycles. The van der Waals surface area contributed by atoms with Crippen molar-refractivity contribution in [2.24, 2.45) is 0 Å². The molecule has 2 aliphatic heterocycles. The van der Waals surface area contributed by atoms with Gasteiger partial charge in [-0.25, -0.2) is 4.39 Å². The monoisotopic (exact) mass is 438 g/mol. The summed E-state index contributed by atoms with van der Waals surface area (Å²) in [6.45, 7) is 3.04. The van der Waals surface area contributed by atoms with Crippen LogP contribution in [0.15, 0.2) is 36.4 Å². The van der Waals surface area contributed by atoms with Crippen molar-refractivity contribution < 1.29 is 18.7 Å². The molecule has 154 valence electrons. The molecule has 2 aromatic carbocycles. The summed E-state index contributed by atoms with van der Waals surface area (Å²) in [6, 6.07) is 9.99. The Morgan fingerprint density at radius 2 is 2.03 bits per heavy atom. The summed E-state index contributed by atoms with van der Waals surface area (Å²) in [6.07, 6.45) is -0.167. The summed E-state index contributed by atoms with van der Waals surface area (Å²) in [5.41, 5.74) is 1.30. The Balaban J connectivity index is 1.43. The van der Waals surface area contributed by atoms with Gasteiger partial charge in [0, 0.05) is 26.2 Å². The number of amides is 1. The fraction of sp³-hybridized carbons (Fsp3) is 0.381. The first kappa shape index (κ1) is 20.4. The lowest BCUT2D eigenvalue weighted by molar-refractivity contribution is -0.0858. The normalized spacial score (nSPS) is 22.3. The van der Waals surface area contributed by atoms with E-state index in [1.807, 2.05) is 0 Å². The lowest BCUT2D eigenvalue weighted by Crippen LogP contribution is -2.59. The molecular formula is C21H21Cl2FN2O3. The molecule has 2 fully saturated rings. The predicted molar refractivity (Wildman–Crippen MR) is 109 cm³/mol. The number of hydrogen-bond acceptors (Lipinski definition) is 4. The minimum atomic E-state index is -0.438. The number of halogens is 3. The van der Waals surface area contributed by atoms with Gasteiger partial charge in [0.15, 0.2) is 0 Å². The van der Waals surface area contributed by atoms with Crippen LogP contribution in [-0.2, 0) is 4.74 Å². The summed E-state index contributed by atoms with van der Waals surface area (Å²) in [4.78, 5) is 17.1. The van der Waals surface area contributed by atoms with E-state index in [1.54, 1.807) is 35.2 Å². The van der Waals surface area contributed by atoms with Gasteiger partial charge in [-0.3, -0.25) is 9.69 Å². The Bertz CT molecular complexity index is 927. The number of morpholine rings is 1. The quantitative estimate of drug-likeness (QED) is 0.724. The molecule has 0 aliphatic carbocycles. The van der Waals surface area contributed by atoms with Crippen LogP contribution in [0.4, 0.5) is 4.39 Å². The lowest BCUT2D eigenvalue weighted by Gasteiger charge is -2.46. The molecule has 0 N–H and O–H groups in total. The molecule has 2 aliphatic rings. The highest BCUT2D eigenvalue weighted by Gasteiger charge is 2.36. The van der Waals surface area contributed by atoms with E-state index in [2.05, 4.69) is 4.90 Å². The Labute approximate surface area is 178 Å². The van der Waals surface area contributed by atoms with Crippen LogP contribution in [0.5, 0.6) is 5.75 Å². The SMILES string of the molecule is COc1cccc(C(=O)N2CCN3C[C@@H](c4ccc(F)c(Cl)c4)OC[C@@H]3C2)c1Cl. The predicted octanol–water partition coefficient (Wildman–Crippen LogP) is 4.04. The van der Waals surface area contributed by atoms with Gasteiger partial charge >= 0.3 is 0 Å². The van der Waals surface area contributed by atoms with Crippen molar-refractivity contribution in [1.29, 1.82) is 0 Å². The topological polar surface area (TPSA) is 42.0 Å². The molecule has 0 bridgehead atoms. The smallest absolute Gasteiger partial charge is 0.255 e. The van der Waals surface area contributed by atoms with Crippen LogP contribution < -0.4 is 4.74 Å². The van der Waals surface area contributed by atoms with Crippen LogP contribution in [0.2, 0.25) is 10.0 Å². The van der Waals surface area contributed by atoms with E-state index in [9.17, 15) is 9.18 Å². The third-order valence-corrected chi connectivity index (χ3v) is 6.19. The molecule has 0 unspecified atom stereocenters. The van der Waals surface area contributed by atoms with Gasteiger partial charge in [0.2, 0.25) is 0 Å². The van der Waals surface area contributed by atoms with Crippen LogP contribution in [-0.4, -0.2) is 61.6 Å². The molecule has 8 heteroatoms. The fourth-order valence-electron chi connectivity index (χ4n) is 3.89. The first-order valence-corrected chi connectivity index (χ1v) is 10.2. The van der Waals surface area contributed by atoms with Crippen molar-refractivity contribution in [3.8, 4) is 5.75 Å². The fourth-order valence-corrected chi connectivity index (χ4v) is 4.36. The van der Waals surface area contributed by atoms with Gasteiger partial charge in [0.05, 0.1) is 41.5 Å². The Morgan fingerprint density at radius 3 is 2.79 bits per heavy atom. The molecule has 0 saturated carbocycles. The number of methoxy groups -OCH3 is 1. The molecule has 0 spiro atoms. The van der Waals surface area contributed by atoms with Gasteiger partial charge in [-0.2, -0.15) is 0 Å². The molecule has 2 saturated heterocycles. The van der Waals surface area contributed by atoms with Crippen LogP contribution in [0.25, 0.3) is 0 Å². The maximum absolute atomic E-state index is 13.4. The summed E-state index contributed by atoms with van der Waals surface area (Å²) < 4.78 is 24.7. The van der Waals surface area contributed by atoms with Crippen LogP contribution in [0, 0.1) is 5.82 Å². The van der Waals surface area contributed by atoms with Gasteiger partial charge in [-0.05, 0) is 29.8 Å². The first-order chi connectivity index (χ1) is 14.0. The van der Waals surface area contributed by atoms with E-state index in [-0.39, 0.29) is 23.1 Å². The van der Waals surface area contributed by atoms with E-state index in [1.165, 1.54) is 13.2 Å². The molecule has 5 nitrogen and oxygen atoms in total. The highest BCUT2D eigenvalue weighted by atomic mass is 35.5. The van der Waals surface area contributed by atoms with Crippen molar-refractivity contribution >= 4 is 29.1 Å². The van der Waals surface area contributed by atoms with Gasteiger partial charge < -0.3 is 14.4 Å². The van der Waals surface area contributed by atoms with E-state index in [4.69, 9.17) is 32.7 Å². The van der Waals surface area contributed by atoms with Crippen LogP contribution in [0.1, 0.15) is 22.0 Å². The third-order valence-electron chi connectivity index (χ3n) is 5.51. The van der Waals surface area contributed by atoms with Gasteiger partial charge in [-0.15, -0.1) is 0 Å². The highest BCUT2D eigenvalue weighted by molar-refractivity contribution is 6.35. The number of ether oxygens (including phenoxy) is 2. The van der Waals surface area contributed by atoms with Crippen molar-refractivity contribution in [3.05, 3.63) is 63.4 Å². The van der Waals surface area contributed by atoms with E-state index < -0.39 is 5.82 Å². The number of hydrogen-bond donors (Lipinski definition) is 0. The molecule has 4 rings (SSSR count). The van der Waals surface area contributed by atoms with Crippen molar-refractivity contribution in [3.63, 3.8) is 0 Å². The van der Waals surface area contributed by atoms with Crippen molar-refractivity contribution in [1.82, 2.24) is 9.80 Å². The van der Waals surface area contributed by atoms with Gasteiger partial charge in [0.25, 0.3) is 5.91 Å². The van der Waals surface area contributed by atoms with Crippen LogP contribution >= 0.6 is 23.2 Å². The summed E-state index contributed by atoms with van der Waals surface area (Å²) in [5.74, 6) is -0.0635. The van der Waals surface area contributed by atoms with Crippen molar-refractivity contribution in [2.45, 2.75) is 12.1 Å². The Morgan fingerprint density at radius 1 is 1.21 bits per heavy atom. The summed E-state index contributed by atoms with van der Waals surface area (Å²) >= 11 is 12.2. The molecular weight excluding hydrogens is 418 g/mol. The molecule has 29 heavy (non-hydrogen) atoms. The number of carbonyl (C=O) groups is 1. The number of carbonyl (C=O) groups excluding carboxylic acids is 1. The highest BCUT2D eigenvalue weighted by Crippen LogP contribution is 2.31. The zero-order chi connectivity index (χ0) is 20.5. The second kappa shape index (κ2) is 8.48. The van der Waals surface area contributed by atoms with Crippen molar-refractivity contribution in [2.75, 3.05) is 39.9 Å². The summed E-state index contributed by atoms with van der Waals surface area (Å²) in [7, 11) is 1.53. The average Bonchev–Trinajstić information content (AvgIpc) is 2.74. The number of nitrogens with zero attached hydrogens (tertiary/aromatic N) is 2. The van der Waals surface area contributed by atoms with E-state index in [0.29, 0.717) is 42.6 Å². The zero-order valence-electron chi connectivity index (χ0n) is 15.9. The van der Waals surface area contributed by atoms with E-state index >= 15 is 0 Å². The molecule has 2 aromatic rings. The number of fused-ring (bicyclic) bond motifs is 1. The lowest BCUT2D eigenvalue weighted by atomic mass is 10.0. The minimum Gasteiger partial charge on any atom is -0.495 e. The average molecular weight is 439 g/mol. The first-order valence-electron chi connectivity index (χ1n) is 9.40. The molecule has 2 atom stereocenters. The number of piperazine rings is 1. The van der Waals surface area contributed by atoms with Gasteiger partial charge in [0.1, 0.15) is 11.6 Å². The number of benzene rings is 2. The molecule has 2 heterocycles. The summed E-state index contributed by atoms with van der Waals surface area (Å²) in [5, 5.41) is 0.425. The van der Waals surface area contributed by atoms with E-state index in [0.717, 1.165) is 12.1 Å². The second-order valence-corrected chi connectivity index (χ2v) is 8.00. The van der Waals surface area contributed by atoms with Crippen LogP contribution in [0.3, 0.4) is 0 Å².